The van der Waals surface area contributed by atoms with E-state index in [1.165, 1.54) is 22.6 Å². The summed E-state index contributed by atoms with van der Waals surface area (Å²) in [5.41, 5.74) is 1.41. The van der Waals surface area contributed by atoms with E-state index >= 15 is 0 Å². The normalized spacial score (nSPS) is 15.0. The van der Waals surface area contributed by atoms with Crippen molar-refractivity contribution in [3.8, 4) is 11.8 Å². The highest BCUT2D eigenvalue weighted by atomic mass is 32.2. The minimum atomic E-state index is -3.79. The van der Waals surface area contributed by atoms with Crippen LogP contribution in [0.1, 0.15) is 15.9 Å². The number of para-hydroxylation sites is 1. The lowest BCUT2D eigenvalue weighted by Crippen LogP contribution is -2.50. The number of aromatic nitrogens is 2. The summed E-state index contributed by atoms with van der Waals surface area (Å²) in [6.45, 7) is 0.869. The van der Waals surface area contributed by atoms with E-state index in [1.807, 2.05) is 36.4 Å². The summed E-state index contributed by atoms with van der Waals surface area (Å²) in [5.74, 6) is -0.188. The van der Waals surface area contributed by atoms with Gasteiger partial charge in [0.2, 0.25) is 10.0 Å². The second kappa shape index (κ2) is 8.10. The van der Waals surface area contributed by atoms with Crippen molar-refractivity contribution in [3.63, 3.8) is 0 Å². The maximum atomic E-state index is 12.9. The number of rotatable bonds is 4. The van der Waals surface area contributed by atoms with Crippen LogP contribution in [0, 0.1) is 11.3 Å². The fourth-order valence-corrected chi connectivity index (χ4v) is 4.96. The first-order valence-corrected chi connectivity index (χ1v) is 10.8. The van der Waals surface area contributed by atoms with Gasteiger partial charge in [-0.25, -0.2) is 13.1 Å². The molecule has 2 heterocycles. The van der Waals surface area contributed by atoms with Crippen molar-refractivity contribution in [1.82, 2.24) is 19.0 Å². The van der Waals surface area contributed by atoms with E-state index in [1.54, 1.807) is 27.9 Å². The van der Waals surface area contributed by atoms with Gasteiger partial charge in [0, 0.05) is 32.4 Å². The van der Waals surface area contributed by atoms with Gasteiger partial charge < -0.3 is 4.90 Å². The van der Waals surface area contributed by atoms with Gasteiger partial charge in [-0.05, 0) is 24.3 Å². The van der Waals surface area contributed by atoms with E-state index in [0.29, 0.717) is 5.56 Å². The Kier molecular flexibility index (Phi) is 5.35. The first kappa shape index (κ1) is 19.8. The lowest BCUT2D eigenvalue weighted by atomic mass is 10.2. The van der Waals surface area contributed by atoms with Crippen molar-refractivity contribution in [2.24, 2.45) is 0 Å². The lowest BCUT2D eigenvalue weighted by molar-refractivity contribution is 0.0698. The van der Waals surface area contributed by atoms with Crippen LogP contribution in [0.4, 0.5) is 0 Å². The van der Waals surface area contributed by atoms with Crippen LogP contribution in [0.15, 0.2) is 71.9 Å². The highest BCUT2D eigenvalue weighted by molar-refractivity contribution is 7.89. The van der Waals surface area contributed by atoms with Crippen molar-refractivity contribution in [1.29, 1.82) is 5.26 Å². The smallest absolute Gasteiger partial charge is 0.257 e. The van der Waals surface area contributed by atoms with Crippen LogP contribution >= 0.6 is 0 Å². The topological polar surface area (TPSA) is 99.3 Å². The van der Waals surface area contributed by atoms with E-state index in [0.717, 1.165) is 5.69 Å². The molecule has 1 aliphatic rings. The second-order valence-corrected chi connectivity index (χ2v) is 8.72. The third-order valence-corrected chi connectivity index (χ3v) is 6.96. The van der Waals surface area contributed by atoms with Gasteiger partial charge >= 0.3 is 0 Å². The standard InChI is InChI=1S/C21H19N5O3S/c22-14-17-6-4-5-9-20(17)30(28,29)25-12-10-24(11-13-25)21(27)18-15-23-26(16-18)19-7-2-1-3-8-19/h1-9,15-16H,10-13H2. The molecule has 3 aromatic rings. The van der Waals surface area contributed by atoms with Gasteiger partial charge in [0.25, 0.3) is 5.91 Å². The van der Waals surface area contributed by atoms with E-state index in [-0.39, 0.29) is 42.5 Å². The minimum Gasteiger partial charge on any atom is -0.336 e. The molecule has 8 nitrogen and oxygen atoms in total. The number of amides is 1. The molecule has 152 valence electrons. The van der Waals surface area contributed by atoms with Gasteiger partial charge in [0.15, 0.2) is 0 Å². The molecule has 4 rings (SSSR count). The highest BCUT2D eigenvalue weighted by Gasteiger charge is 2.32. The third-order valence-electron chi connectivity index (χ3n) is 5.00. The molecule has 2 aromatic carbocycles. The van der Waals surface area contributed by atoms with Crippen LogP contribution in [-0.2, 0) is 10.0 Å². The number of benzene rings is 2. The molecule has 0 N–H and O–H groups in total. The molecular formula is C21H19N5O3S. The van der Waals surface area contributed by atoms with Crippen LogP contribution < -0.4 is 0 Å². The fraction of sp³-hybridized carbons (Fsp3) is 0.190. The molecule has 0 spiro atoms. The molecule has 0 aliphatic carbocycles. The average Bonchev–Trinajstić information content (AvgIpc) is 3.29. The van der Waals surface area contributed by atoms with E-state index in [2.05, 4.69) is 5.10 Å². The molecule has 0 bridgehead atoms. The molecule has 1 amide bonds. The predicted molar refractivity (Wildman–Crippen MR) is 109 cm³/mol. The highest BCUT2D eigenvalue weighted by Crippen LogP contribution is 2.21. The summed E-state index contributed by atoms with van der Waals surface area (Å²) in [6.07, 6.45) is 3.19. The summed E-state index contributed by atoms with van der Waals surface area (Å²) >= 11 is 0. The van der Waals surface area contributed by atoms with Crippen molar-refractivity contribution in [2.75, 3.05) is 26.2 Å². The zero-order chi connectivity index (χ0) is 21.1. The van der Waals surface area contributed by atoms with Crippen molar-refractivity contribution >= 4 is 15.9 Å². The lowest BCUT2D eigenvalue weighted by Gasteiger charge is -2.33. The molecule has 30 heavy (non-hydrogen) atoms. The van der Waals surface area contributed by atoms with Gasteiger partial charge in [-0.15, -0.1) is 0 Å². The molecule has 0 atom stereocenters. The van der Waals surface area contributed by atoms with E-state index in [4.69, 9.17) is 0 Å². The van der Waals surface area contributed by atoms with Crippen LogP contribution in [0.3, 0.4) is 0 Å². The Morgan fingerprint density at radius 3 is 2.33 bits per heavy atom. The number of hydrogen-bond donors (Lipinski definition) is 0. The average molecular weight is 421 g/mol. The number of nitrogens with zero attached hydrogens (tertiary/aromatic N) is 5. The Hall–Kier alpha value is -3.48. The molecule has 1 aromatic heterocycles. The Labute approximate surface area is 174 Å². The number of carbonyl (C=O) groups is 1. The minimum absolute atomic E-state index is 0.00332. The zero-order valence-electron chi connectivity index (χ0n) is 16.0. The number of piperazine rings is 1. The Morgan fingerprint density at radius 2 is 1.63 bits per heavy atom. The first-order chi connectivity index (χ1) is 14.5. The molecule has 1 aliphatic heterocycles. The van der Waals surface area contributed by atoms with Crippen LogP contribution in [0.5, 0.6) is 0 Å². The summed E-state index contributed by atoms with van der Waals surface area (Å²) in [4.78, 5) is 14.4. The van der Waals surface area contributed by atoms with Crippen molar-refractivity contribution in [3.05, 3.63) is 78.1 Å². The number of hydrogen-bond acceptors (Lipinski definition) is 5. The molecule has 1 fully saturated rings. The van der Waals surface area contributed by atoms with Gasteiger partial charge in [-0.1, -0.05) is 30.3 Å². The van der Waals surface area contributed by atoms with Crippen LogP contribution in [0.25, 0.3) is 5.69 Å². The van der Waals surface area contributed by atoms with Crippen molar-refractivity contribution < 1.29 is 13.2 Å². The molecule has 0 unspecified atom stereocenters. The zero-order valence-corrected chi connectivity index (χ0v) is 16.9. The SMILES string of the molecule is N#Cc1ccccc1S(=O)(=O)N1CCN(C(=O)c2cnn(-c3ccccc3)c2)CC1. The van der Waals surface area contributed by atoms with E-state index in [9.17, 15) is 18.5 Å². The summed E-state index contributed by atoms with van der Waals surface area (Å²) in [7, 11) is -3.79. The summed E-state index contributed by atoms with van der Waals surface area (Å²) in [5, 5.41) is 13.5. The molecule has 0 saturated carbocycles. The van der Waals surface area contributed by atoms with Crippen LogP contribution in [-0.4, -0.2) is 59.5 Å². The predicted octanol–water partition coefficient (Wildman–Crippen LogP) is 1.89. The van der Waals surface area contributed by atoms with E-state index < -0.39 is 10.0 Å². The maximum absolute atomic E-state index is 12.9. The van der Waals surface area contributed by atoms with Gasteiger partial charge in [-0.3, -0.25) is 4.79 Å². The molecule has 0 radical (unpaired) electrons. The fourth-order valence-electron chi connectivity index (χ4n) is 3.39. The van der Waals surface area contributed by atoms with Crippen LogP contribution in [0.2, 0.25) is 0 Å². The quantitative estimate of drug-likeness (QED) is 0.641. The maximum Gasteiger partial charge on any atom is 0.257 e. The third kappa shape index (κ3) is 3.70. The first-order valence-electron chi connectivity index (χ1n) is 9.39. The Balaban J connectivity index is 1.45. The van der Waals surface area contributed by atoms with Gasteiger partial charge in [0.05, 0.1) is 27.9 Å². The number of sulfonamides is 1. The molecule has 9 heteroatoms. The number of nitriles is 1. The van der Waals surface area contributed by atoms with Gasteiger partial charge in [-0.2, -0.15) is 14.7 Å². The molecular weight excluding hydrogens is 402 g/mol. The molecule has 1 saturated heterocycles. The summed E-state index contributed by atoms with van der Waals surface area (Å²) < 4.78 is 28.8. The van der Waals surface area contributed by atoms with Gasteiger partial charge in [0.1, 0.15) is 6.07 Å². The monoisotopic (exact) mass is 421 g/mol. The second-order valence-electron chi connectivity index (χ2n) is 6.81. The number of carbonyl (C=O) groups excluding carboxylic acids is 1. The largest absolute Gasteiger partial charge is 0.336 e. The van der Waals surface area contributed by atoms with Crippen molar-refractivity contribution in [2.45, 2.75) is 4.90 Å². The summed E-state index contributed by atoms with van der Waals surface area (Å²) in [6, 6.07) is 17.5. The Morgan fingerprint density at radius 1 is 0.967 bits per heavy atom. The Bertz CT molecular complexity index is 1210.